The summed E-state index contributed by atoms with van der Waals surface area (Å²) in [6.07, 6.45) is 0. The highest BCUT2D eigenvalue weighted by molar-refractivity contribution is 5.91. The highest BCUT2D eigenvalue weighted by atomic mass is 16.5. The fourth-order valence-corrected chi connectivity index (χ4v) is 1.54. The smallest absolute Gasteiger partial charge is 0.221 e. The zero-order chi connectivity index (χ0) is 13.7. The van der Waals surface area contributed by atoms with Gasteiger partial charge in [0.05, 0.1) is 12.8 Å². The molecule has 1 amide bonds. The van der Waals surface area contributed by atoms with Crippen molar-refractivity contribution in [3.63, 3.8) is 0 Å². The SMILES string of the molecule is COc1cc(C(N=O)C(C)=O)ccc1NC(C)=O. The van der Waals surface area contributed by atoms with Gasteiger partial charge in [-0.1, -0.05) is 11.2 Å². The fourth-order valence-electron chi connectivity index (χ4n) is 1.54. The Kier molecular flexibility index (Phi) is 4.53. The number of carbonyl (C=O) groups excluding carboxylic acids is 2. The zero-order valence-corrected chi connectivity index (χ0v) is 10.4. The van der Waals surface area contributed by atoms with Crippen LogP contribution in [0.3, 0.4) is 0 Å². The lowest BCUT2D eigenvalue weighted by Crippen LogP contribution is -2.09. The minimum Gasteiger partial charge on any atom is -0.495 e. The van der Waals surface area contributed by atoms with Gasteiger partial charge in [0.25, 0.3) is 0 Å². The van der Waals surface area contributed by atoms with Crippen LogP contribution in [0, 0.1) is 4.91 Å². The number of ketones is 1. The number of nitrogens with one attached hydrogen (secondary N) is 1. The largest absolute Gasteiger partial charge is 0.495 e. The third-order valence-corrected chi connectivity index (χ3v) is 2.34. The van der Waals surface area contributed by atoms with Crippen LogP contribution >= 0.6 is 0 Å². The first-order valence-electron chi connectivity index (χ1n) is 5.28. The normalized spacial score (nSPS) is 11.5. The lowest BCUT2D eigenvalue weighted by Gasteiger charge is -2.12. The predicted octanol–water partition coefficient (Wildman–Crippen LogP) is 2.05. The highest BCUT2D eigenvalue weighted by Gasteiger charge is 2.19. The number of carbonyl (C=O) groups is 2. The van der Waals surface area contributed by atoms with E-state index < -0.39 is 6.04 Å². The fraction of sp³-hybridized carbons (Fsp3) is 0.333. The van der Waals surface area contributed by atoms with Gasteiger partial charge in [-0.3, -0.25) is 9.59 Å². The molecule has 0 saturated heterocycles. The molecule has 1 N–H and O–H groups in total. The first kappa shape index (κ1) is 13.8. The molecule has 0 radical (unpaired) electrons. The van der Waals surface area contributed by atoms with Gasteiger partial charge in [0.15, 0.2) is 11.8 Å². The average Bonchev–Trinajstić information content (AvgIpc) is 2.30. The van der Waals surface area contributed by atoms with Crippen molar-refractivity contribution in [1.29, 1.82) is 0 Å². The number of anilines is 1. The standard InChI is InChI=1S/C12H14N2O4/c1-7(15)12(14-17)9-4-5-10(13-8(2)16)11(6-9)18-3/h4-6,12H,1-3H3,(H,13,16). The van der Waals surface area contributed by atoms with Crippen LogP contribution in [-0.4, -0.2) is 18.8 Å². The first-order chi connectivity index (χ1) is 8.49. The Morgan fingerprint density at radius 2 is 2.00 bits per heavy atom. The molecule has 0 bridgehead atoms. The van der Waals surface area contributed by atoms with Crippen molar-refractivity contribution in [2.45, 2.75) is 19.9 Å². The van der Waals surface area contributed by atoms with E-state index in [2.05, 4.69) is 10.5 Å². The van der Waals surface area contributed by atoms with Gasteiger partial charge in [-0.05, 0) is 24.6 Å². The maximum Gasteiger partial charge on any atom is 0.221 e. The Bertz CT molecular complexity index is 485. The van der Waals surface area contributed by atoms with E-state index in [0.717, 1.165) is 0 Å². The Labute approximate surface area is 104 Å². The van der Waals surface area contributed by atoms with E-state index in [1.165, 1.54) is 27.0 Å². The minimum absolute atomic E-state index is 0.238. The summed E-state index contributed by atoms with van der Waals surface area (Å²) >= 11 is 0. The van der Waals surface area contributed by atoms with Crippen LogP contribution in [-0.2, 0) is 9.59 Å². The molecule has 1 aromatic rings. The molecule has 18 heavy (non-hydrogen) atoms. The van der Waals surface area contributed by atoms with Crippen LogP contribution in [0.4, 0.5) is 5.69 Å². The second-order valence-corrected chi connectivity index (χ2v) is 3.76. The monoisotopic (exact) mass is 250 g/mol. The summed E-state index contributed by atoms with van der Waals surface area (Å²) in [6.45, 7) is 2.67. The van der Waals surface area contributed by atoms with Crippen LogP contribution in [0.25, 0.3) is 0 Å². The van der Waals surface area contributed by atoms with Crippen molar-refractivity contribution in [2.75, 3.05) is 12.4 Å². The molecule has 6 heteroatoms. The molecule has 1 rings (SSSR count). The molecule has 0 aromatic heterocycles. The summed E-state index contributed by atoms with van der Waals surface area (Å²) in [5.41, 5.74) is 0.908. The lowest BCUT2D eigenvalue weighted by atomic mass is 10.0. The van der Waals surface area contributed by atoms with Crippen LogP contribution in [0.1, 0.15) is 25.5 Å². The molecule has 0 spiro atoms. The summed E-state index contributed by atoms with van der Waals surface area (Å²) in [4.78, 5) is 32.8. The van der Waals surface area contributed by atoms with E-state index in [1.807, 2.05) is 0 Å². The second kappa shape index (κ2) is 5.90. The van der Waals surface area contributed by atoms with Gasteiger partial charge in [-0.25, -0.2) is 0 Å². The van der Waals surface area contributed by atoms with Crippen molar-refractivity contribution in [2.24, 2.45) is 5.18 Å². The summed E-state index contributed by atoms with van der Waals surface area (Å²) in [5.74, 6) is -0.213. The van der Waals surface area contributed by atoms with Crippen molar-refractivity contribution < 1.29 is 14.3 Å². The highest BCUT2D eigenvalue weighted by Crippen LogP contribution is 2.29. The molecule has 1 aromatic carbocycles. The molecule has 0 heterocycles. The van der Waals surface area contributed by atoms with Crippen molar-refractivity contribution >= 4 is 17.4 Å². The zero-order valence-electron chi connectivity index (χ0n) is 10.4. The van der Waals surface area contributed by atoms with E-state index in [0.29, 0.717) is 17.0 Å². The molecular formula is C12H14N2O4. The molecule has 0 aliphatic rings. The van der Waals surface area contributed by atoms with Gasteiger partial charge in [0, 0.05) is 6.92 Å². The van der Waals surface area contributed by atoms with Gasteiger partial charge in [-0.15, -0.1) is 4.91 Å². The molecule has 6 nitrogen and oxygen atoms in total. The number of amides is 1. The molecule has 96 valence electrons. The topological polar surface area (TPSA) is 84.8 Å². The van der Waals surface area contributed by atoms with Crippen LogP contribution in [0.5, 0.6) is 5.75 Å². The van der Waals surface area contributed by atoms with E-state index in [9.17, 15) is 14.5 Å². The lowest BCUT2D eigenvalue weighted by molar-refractivity contribution is -0.118. The number of methoxy groups -OCH3 is 1. The number of Topliss-reactive ketones (excluding diaryl/α,β-unsaturated/α-hetero) is 1. The number of ether oxygens (including phenoxy) is 1. The molecule has 0 fully saturated rings. The quantitative estimate of drug-likeness (QED) is 0.810. The molecule has 1 atom stereocenters. The number of nitroso groups, excluding NO2 is 1. The van der Waals surface area contributed by atoms with Crippen LogP contribution < -0.4 is 10.1 Å². The Balaban J connectivity index is 3.15. The summed E-state index contributed by atoms with van der Waals surface area (Å²) < 4.78 is 5.09. The number of nitrogens with zero attached hydrogens (tertiary/aromatic N) is 1. The van der Waals surface area contributed by atoms with E-state index in [4.69, 9.17) is 4.74 Å². The summed E-state index contributed by atoms with van der Waals surface area (Å²) in [5, 5.41) is 5.36. The summed E-state index contributed by atoms with van der Waals surface area (Å²) in [7, 11) is 1.43. The van der Waals surface area contributed by atoms with E-state index in [-0.39, 0.29) is 11.7 Å². The summed E-state index contributed by atoms with van der Waals surface area (Å²) in [6, 6.07) is 3.58. The third kappa shape index (κ3) is 3.13. The Morgan fingerprint density at radius 3 is 2.44 bits per heavy atom. The predicted molar refractivity (Wildman–Crippen MR) is 66.5 cm³/mol. The average molecular weight is 250 g/mol. The van der Waals surface area contributed by atoms with Crippen molar-refractivity contribution in [3.05, 3.63) is 28.7 Å². The molecular weight excluding hydrogens is 236 g/mol. The van der Waals surface area contributed by atoms with Gasteiger partial charge in [0.1, 0.15) is 5.75 Å². The van der Waals surface area contributed by atoms with Crippen molar-refractivity contribution in [1.82, 2.24) is 0 Å². The molecule has 0 saturated carbocycles. The van der Waals surface area contributed by atoms with Crippen LogP contribution in [0.15, 0.2) is 23.4 Å². The van der Waals surface area contributed by atoms with Crippen LogP contribution in [0.2, 0.25) is 0 Å². The van der Waals surface area contributed by atoms with Crippen molar-refractivity contribution in [3.8, 4) is 5.75 Å². The maximum absolute atomic E-state index is 11.2. The first-order valence-corrected chi connectivity index (χ1v) is 5.28. The van der Waals surface area contributed by atoms with Gasteiger partial charge < -0.3 is 10.1 Å². The second-order valence-electron chi connectivity index (χ2n) is 3.76. The number of hydrogen-bond acceptors (Lipinski definition) is 5. The third-order valence-electron chi connectivity index (χ3n) is 2.34. The number of hydrogen-bond donors (Lipinski definition) is 1. The number of rotatable bonds is 5. The van der Waals surface area contributed by atoms with Gasteiger partial charge >= 0.3 is 0 Å². The molecule has 0 aliphatic heterocycles. The molecule has 0 aliphatic carbocycles. The minimum atomic E-state index is -1.05. The van der Waals surface area contributed by atoms with Gasteiger partial charge in [0.2, 0.25) is 5.91 Å². The van der Waals surface area contributed by atoms with E-state index >= 15 is 0 Å². The molecule has 1 unspecified atom stereocenters. The van der Waals surface area contributed by atoms with E-state index in [1.54, 1.807) is 12.1 Å². The van der Waals surface area contributed by atoms with Gasteiger partial charge in [-0.2, -0.15) is 0 Å². The Hall–Kier alpha value is -2.24. The Morgan fingerprint density at radius 1 is 1.33 bits per heavy atom. The number of benzene rings is 1. The maximum atomic E-state index is 11.2.